The molecule has 1 heterocycles. The van der Waals surface area contributed by atoms with Crippen molar-refractivity contribution in [1.29, 1.82) is 0 Å². The zero-order valence-corrected chi connectivity index (χ0v) is 14.6. The molecule has 1 aliphatic heterocycles. The van der Waals surface area contributed by atoms with Crippen LogP contribution in [0.2, 0.25) is 0 Å². The van der Waals surface area contributed by atoms with Crippen molar-refractivity contribution in [2.45, 2.75) is 63.6 Å². The number of amides is 2. The van der Waals surface area contributed by atoms with Crippen molar-refractivity contribution < 1.29 is 14.3 Å². The van der Waals surface area contributed by atoms with Crippen molar-refractivity contribution in [1.82, 2.24) is 15.5 Å². The molecule has 5 nitrogen and oxygen atoms in total. The number of hydrogen-bond acceptors (Lipinski definition) is 3. The third-order valence-corrected chi connectivity index (χ3v) is 5.43. The number of aromatic hydroxyl groups is 1. The fraction of sp³-hybridized carbons (Fsp3) is 0.632. The van der Waals surface area contributed by atoms with Crippen LogP contribution in [0, 0.1) is 5.82 Å². The Morgan fingerprint density at radius 2 is 1.96 bits per heavy atom. The highest BCUT2D eigenvalue weighted by atomic mass is 19.1. The lowest BCUT2D eigenvalue weighted by molar-refractivity contribution is 0.140. The van der Waals surface area contributed by atoms with Crippen LogP contribution in [0.25, 0.3) is 0 Å². The number of rotatable bonds is 5. The van der Waals surface area contributed by atoms with Gasteiger partial charge in [-0.15, -0.1) is 0 Å². The van der Waals surface area contributed by atoms with E-state index in [9.17, 15) is 14.3 Å². The summed E-state index contributed by atoms with van der Waals surface area (Å²) in [6.45, 7) is 2.04. The van der Waals surface area contributed by atoms with Gasteiger partial charge in [0.2, 0.25) is 0 Å². The molecule has 1 aliphatic carbocycles. The standard InChI is InChI=1S/C19H28FN3O2/c20-17-11-14(8-9-18(17)24)12-21-19(25)22-13-16-7-4-10-23(16)15-5-2-1-3-6-15/h8-9,11,15-16,24H,1-7,10,12-13H2,(H2,21,22,25). The van der Waals surface area contributed by atoms with Gasteiger partial charge in [-0.1, -0.05) is 25.3 Å². The third-order valence-electron chi connectivity index (χ3n) is 5.43. The van der Waals surface area contributed by atoms with Gasteiger partial charge in [0.05, 0.1) is 0 Å². The first-order valence-electron chi connectivity index (χ1n) is 9.38. The molecule has 0 spiro atoms. The van der Waals surface area contributed by atoms with Crippen molar-refractivity contribution in [2.75, 3.05) is 13.1 Å². The molecule has 1 aromatic rings. The zero-order valence-electron chi connectivity index (χ0n) is 14.6. The minimum atomic E-state index is -0.672. The highest BCUT2D eigenvalue weighted by Crippen LogP contribution is 2.28. The number of urea groups is 1. The summed E-state index contributed by atoms with van der Waals surface area (Å²) in [4.78, 5) is 14.6. The zero-order chi connectivity index (χ0) is 17.6. The number of likely N-dealkylation sites (tertiary alicyclic amines) is 1. The number of nitrogens with zero attached hydrogens (tertiary/aromatic N) is 1. The molecule has 0 radical (unpaired) electrons. The van der Waals surface area contributed by atoms with Gasteiger partial charge in [-0.2, -0.15) is 0 Å². The van der Waals surface area contributed by atoms with Crippen LogP contribution in [0.5, 0.6) is 5.75 Å². The predicted octanol–water partition coefficient (Wildman–Crippen LogP) is 3.13. The largest absolute Gasteiger partial charge is 0.505 e. The van der Waals surface area contributed by atoms with Crippen molar-refractivity contribution >= 4 is 6.03 Å². The van der Waals surface area contributed by atoms with Crippen LogP contribution >= 0.6 is 0 Å². The molecule has 1 aromatic carbocycles. The second kappa shape index (κ2) is 8.52. The van der Waals surface area contributed by atoms with E-state index in [2.05, 4.69) is 15.5 Å². The molecule has 1 saturated carbocycles. The Labute approximate surface area is 148 Å². The summed E-state index contributed by atoms with van der Waals surface area (Å²) in [6.07, 6.45) is 8.92. The smallest absolute Gasteiger partial charge is 0.315 e. The van der Waals surface area contributed by atoms with E-state index < -0.39 is 5.82 Å². The van der Waals surface area contributed by atoms with E-state index in [1.54, 1.807) is 6.07 Å². The molecular weight excluding hydrogens is 321 g/mol. The Morgan fingerprint density at radius 3 is 2.72 bits per heavy atom. The van der Waals surface area contributed by atoms with E-state index in [0.717, 1.165) is 13.0 Å². The van der Waals surface area contributed by atoms with Crippen molar-refractivity contribution in [3.8, 4) is 5.75 Å². The minimum Gasteiger partial charge on any atom is -0.505 e. The Morgan fingerprint density at radius 1 is 1.16 bits per heavy atom. The minimum absolute atomic E-state index is 0.232. The van der Waals surface area contributed by atoms with Gasteiger partial charge in [0, 0.05) is 25.2 Å². The lowest BCUT2D eigenvalue weighted by Gasteiger charge is -2.35. The fourth-order valence-electron chi connectivity index (χ4n) is 4.09. The Balaban J connectivity index is 1.42. The van der Waals surface area contributed by atoms with E-state index >= 15 is 0 Å². The number of hydrogen-bond donors (Lipinski definition) is 3. The van der Waals surface area contributed by atoms with Gasteiger partial charge in [-0.05, 0) is 49.9 Å². The number of benzene rings is 1. The van der Waals surface area contributed by atoms with Crippen LogP contribution in [0.4, 0.5) is 9.18 Å². The van der Waals surface area contributed by atoms with Gasteiger partial charge in [-0.3, -0.25) is 4.90 Å². The number of phenols is 1. The summed E-state index contributed by atoms with van der Waals surface area (Å²) in [5, 5.41) is 14.9. The number of nitrogens with one attached hydrogen (secondary N) is 2. The van der Waals surface area contributed by atoms with E-state index in [1.165, 1.54) is 50.7 Å². The molecule has 138 valence electrons. The SMILES string of the molecule is O=C(NCc1ccc(O)c(F)c1)NCC1CCCN1C1CCCCC1. The molecule has 25 heavy (non-hydrogen) atoms. The number of carbonyl (C=O) groups is 1. The van der Waals surface area contributed by atoms with Gasteiger partial charge < -0.3 is 15.7 Å². The molecule has 6 heteroatoms. The predicted molar refractivity (Wildman–Crippen MR) is 94.9 cm³/mol. The molecule has 2 fully saturated rings. The molecule has 3 rings (SSSR count). The number of carbonyl (C=O) groups excluding carboxylic acids is 1. The maximum Gasteiger partial charge on any atom is 0.315 e. The normalized spacial score (nSPS) is 22.0. The first kappa shape index (κ1) is 18.0. The summed E-state index contributed by atoms with van der Waals surface area (Å²) >= 11 is 0. The van der Waals surface area contributed by atoms with Crippen LogP contribution in [0.1, 0.15) is 50.5 Å². The van der Waals surface area contributed by atoms with Crippen LogP contribution in [0.3, 0.4) is 0 Å². The second-order valence-corrected chi connectivity index (χ2v) is 7.18. The molecule has 0 aromatic heterocycles. The Hall–Kier alpha value is -1.82. The van der Waals surface area contributed by atoms with E-state index in [4.69, 9.17) is 0 Å². The molecule has 1 atom stereocenters. The van der Waals surface area contributed by atoms with Crippen molar-refractivity contribution in [3.05, 3.63) is 29.6 Å². The second-order valence-electron chi connectivity index (χ2n) is 7.18. The molecule has 0 bridgehead atoms. The maximum absolute atomic E-state index is 13.3. The highest BCUT2D eigenvalue weighted by molar-refractivity contribution is 5.73. The average molecular weight is 349 g/mol. The summed E-state index contributed by atoms with van der Waals surface area (Å²) in [6, 6.07) is 5.01. The first-order chi connectivity index (χ1) is 12.1. The molecule has 2 aliphatic rings. The lowest BCUT2D eigenvalue weighted by Crippen LogP contribution is -2.47. The molecule has 2 amide bonds. The van der Waals surface area contributed by atoms with Crippen LogP contribution in [-0.4, -0.2) is 41.2 Å². The fourth-order valence-corrected chi connectivity index (χ4v) is 4.09. The van der Waals surface area contributed by atoms with Gasteiger partial charge >= 0.3 is 6.03 Å². The molecule has 1 unspecified atom stereocenters. The van der Waals surface area contributed by atoms with E-state index in [1.807, 2.05) is 0 Å². The third kappa shape index (κ3) is 4.84. The molecule has 1 saturated heterocycles. The van der Waals surface area contributed by atoms with Gasteiger partial charge in [0.1, 0.15) is 0 Å². The topological polar surface area (TPSA) is 64.6 Å². The maximum atomic E-state index is 13.3. The first-order valence-corrected chi connectivity index (χ1v) is 9.38. The number of halogens is 1. The summed E-state index contributed by atoms with van der Waals surface area (Å²) < 4.78 is 13.3. The van der Waals surface area contributed by atoms with Crippen molar-refractivity contribution in [2.24, 2.45) is 0 Å². The summed E-state index contributed by atoms with van der Waals surface area (Å²) in [5.41, 5.74) is 0.621. The Bertz CT molecular complexity index is 590. The van der Waals surface area contributed by atoms with Crippen LogP contribution in [-0.2, 0) is 6.54 Å². The van der Waals surface area contributed by atoms with Gasteiger partial charge in [0.25, 0.3) is 0 Å². The molecular formula is C19H28FN3O2. The quantitative estimate of drug-likeness (QED) is 0.765. The highest BCUT2D eigenvalue weighted by Gasteiger charge is 2.31. The molecule has 3 N–H and O–H groups in total. The summed E-state index contributed by atoms with van der Waals surface area (Å²) in [7, 11) is 0. The van der Waals surface area contributed by atoms with Crippen molar-refractivity contribution in [3.63, 3.8) is 0 Å². The monoisotopic (exact) mass is 349 g/mol. The van der Waals surface area contributed by atoms with Gasteiger partial charge in [0.15, 0.2) is 11.6 Å². The lowest BCUT2D eigenvalue weighted by atomic mass is 9.94. The summed E-state index contributed by atoms with van der Waals surface area (Å²) in [5.74, 6) is -1.05. The van der Waals surface area contributed by atoms with Gasteiger partial charge in [-0.25, -0.2) is 9.18 Å². The average Bonchev–Trinajstić information content (AvgIpc) is 3.10. The van der Waals surface area contributed by atoms with E-state index in [0.29, 0.717) is 24.2 Å². The number of phenolic OH excluding ortho intramolecular Hbond substituents is 1. The Kier molecular flexibility index (Phi) is 6.13. The van der Waals surface area contributed by atoms with Crippen LogP contribution in [0.15, 0.2) is 18.2 Å². The van der Waals surface area contributed by atoms with E-state index in [-0.39, 0.29) is 18.3 Å². The van der Waals surface area contributed by atoms with Crippen LogP contribution < -0.4 is 10.6 Å².